The highest BCUT2D eigenvalue weighted by atomic mass is 32.2. The Morgan fingerprint density at radius 2 is 1.78 bits per heavy atom. The topological polar surface area (TPSA) is 106 Å². The molecule has 1 fully saturated rings. The number of amides is 1. The van der Waals surface area contributed by atoms with Gasteiger partial charge in [0.05, 0.1) is 17.2 Å². The second-order valence-electron chi connectivity index (χ2n) is 12.4. The Labute approximate surface area is 238 Å². The highest BCUT2D eigenvalue weighted by Gasteiger charge is 2.52. The van der Waals surface area contributed by atoms with E-state index in [0.29, 0.717) is 30.5 Å². The van der Waals surface area contributed by atoms with Crippen molar-refractivity contribution in [2.75, 3.05) is 25.4 Å². The first-order valence-corrected chi connectivity index (χ1v) is 15.4. The zero-order chi connectivity index (χ0) is 30.3. The number of piperidine rings is 1. The quantitative estimate of drug-likeness (QED) is 0.460. The third kappa shape index (κ3) is 7.32. The minimum absolute atomic E-state index is 0.122. The fraction of sp³-hybridized carbons (Fsp3) is 0.586. The summed E-state index contributed by atoms with van der Waals surface area (Å²) < 4.78 is 75.6. The van der Waals surface area contributed by atoms with Gasteiger partial charge >= 0.3 is 12.3 Å². The van der Waals surface area contributed by atoms with Gasteiger partial charge in [0.1, 0.15) is 11.4 Å². The van der Waals surface area contributed by atoms with Gasteiger partial charge in [0.2, 0.25) is 5.60 Å². The van der Waals surface area contributed by atoms with E-state index in [0.717, 1.165) is 37.1 Å². The SMILES string of the molecule is CC(C)(CO)CS(=O)(=O)Cc1ccc(-c2ccc3c(c2)CCC2(CCN(C(=O)OC(C)(C)C(F)(F)F)CC2)O3)nc1. The van der Waals surface area contributed by atoms with E-state index in [9.17, 15) is 31.5 Å². The lowest BCUT2D eigenvalue weighted by Gasteiger charge is -2.44. The number of likely N-dealkylation sites (tertiary alicyclic amines) is 1. The van der Waals surface area contributed by atoms with Crippen LogP contribution in [0.3, 0.4) is 0 Å². The molecule has 0 unspecified atom stereocenters. The number of ether oxygens (including phenoxy) is 2. The molecule has 1 aromatic heterocycles. The van der Waals surface area contributed by atoms with Crippen LogP contribution in [0.5, 0.6) is 5.75 Å². The largest absolute Gasteiger partial charge is 0.487 e. The molecular weight excluding hydrogens is 561 g/mol. The third-order valence-electron chi connectivity index (χ3n) is 7.74. The monoisotopic (exact) mass is 598 g/mol. The molecule has 0 saturated carbocycles. The lowest BCUT2D eigenvalue weighted by Crippen LogP contribution is -2.53. The molecule has 0 radical (unpaired) electrons. The minimum atomic E-state index is -4.66. The van der Waals surface area contributed by atoms with Crippen molar-refractivity contribution in [2.24, 2.45) is 5.41 Å². The zero-order valence-corrected chi connectivity index (χ0v) is 24.6. The van der Waals surface area contributed by atoms with Crippen molar-refractivity contribution in [3.8, 4) is 17.0 Å². The number of alkyl halides is 3. The van der Waals surface area contributed by atoms with Crippen LogP contribution in [-0.4, -0.2) is 72.3 Å². The predicted molar refractivity (Wildman–Crippen MR) is 147 cm³/mol. The average molecular weight is 599 g/mol. The van der Waals surface area contributed by atoms with Gasteiger partial charge in [-0.05, 0) is 62.1 Å². The van der Waals surface area contributed by atoms with Crippen LogP contribution in [-0.2, 0) is 26.7 Å². The second-order valence-corrected chi connectivity index (χ2v) is 14.4. The molecule has 2 aliphatic rings. The normalized spacial score (nSPS) is 17.6. The first-order chi connectivity index (χ1) is 18.9. The Hall–Kier alpha value is -2.86. The standard InChI is InChI=1S/C29H37F3N2O6S/c1-26(2,18-35)19-41(37,38)17-20-5-7-23(33-16-20)21-6-8-24-22(15-21)9-10-28(39-24)11-13-34(14-12-28)25(36)40-27(3,4)29(30,31)32/h5-8,15-16,35H,9-14,17-19H2,1-4H3. The maximum absolute atomic E-state index is 13.1. The number of fused-ring (bicyclic) bond motifs is 1. The lowest BCUT2D eigenvalue weighted by atomic mass is 9.83. The van der Waals surface area contributed by atoms with Crippen LogP contribution in [0.4, 0.5) is 18.0 Å². The van der Waals surface area contributed by atoms with Gasteiger partial charge in [0.15, 0.2) is 9.84 Å². The number of hydrogen-bond acceptors (Lipinski definition) is 7. The maximum Gasteiger partial charge on any atom is 0.427 e. The summed E-state index contributed by atoms with van der Waals surface area (Å²) >= 11 is 0. The Morgan fingerprint density at radius 3 is 2.37 bits per heavy atom. The van der Waals surface area contributed by atoms with Crippen LogP contribution in [0.1, 0.15) is 58.1 Å². The molecule has 8 nitrogen and oxygen atoms in total. The van der Waals surface area contributed by atoms with E-state index in [1.54, 1.807) is 32.2 Å². The molecule has 0 aliphatic carbocycles. The number of halogens is 3. The summed E-state index contributed by atoms with van der Waals surface area (Å²) in [6.45, 7) is 5.34. The van der Waals surface area contributed by atoms with Gasteiger partial charge in [0, 0.05) is 49.7 Å². The van der Waals surface area contributed by atoms with Gasteiger partial charge in [-0.2, -0.15) is 13.2 Å². The fourth-order valence-electron chi connectivity index (χ4n) is 5.10. The number of aliphatic hydroxyl groups is 1. The number of benzene rings is 1. The number of hydrogen-bond donors (Lipinski definition) is 1. The van der Waals surface area contributed by atoms with E-state index in [-0.39, 0.29) is 31.2 Å². The number of sulfone groups is 1. The van der Waals surface area contributed by atoms with E-state index < -0.39 is 38.7 Å². The smallest absolute Gasteiger partial charge is 0.427 e. The molecule has 12 heteroatoms. The first-order valence-electron chi connectivity index (χ1n) is 13.6. The number of nitrogens with zero attached hydrogens (tertiary/aromatic N) is 2. The molecule has 1 saturated heterocycles. The number of aryl methyl sites for hydroxylation is 1. The molecule has 1 spiro atoms. The molecular formula is C29H37F3N2O6S. The van der Waals surface area contributed by atoms with Crippen molar-refractivity contribution < 1.29 is 41.0 Å². The maximum atomic E-state index is 13.1. The highest BCUT2D eigenvalue weighted by molar-refractivity contribution is 7.90. The summed E-state index contributed by atoms with van der Waals surface area (Å²) in [5.41, 5.74) is -0.651. The molecule has 226 valence electrons. The van der Waals surface area contributed by atoms with Crippen LogP contribution in [0, 0.1) is 5.41 Å². The molecule has 0 atom stereocenters. The van der Waals surface area contributed by atoms with Gasteiger partial charge in [0.25, 0.3) is 0 Å². The number of aliphatic hydroxyl groups excluding tert-OH is 1. The van der Waals surface area contributed by atoms with Gasteiger partial charge in [-0.3, -0.25) is 4.98 Å². The minimum Gasteiger partial charge on any atom is -0.487 e. The molecule has 3 heterocycles. The molecule has 1 N–H and O–H groups in total. The molecule has 0 bridgehead atoms. The molecule has 2 aliphatic heterocycles. The van der Waals surface area contributed by atoms with E-state index in [2.05, 4.69) is 4.98 Å². The number of carbonyl (C=O) groups excluding carboxylic acids is 1. The van der Waals surface area contributed by atoms with Crippen molar-refractivity contribution in [1.29, 1.82) is 0 Å². The molecule has 1 aromatic carbocycles. The van der Waals surface area contributed by atoms with E-state index >= 15 is 0 Å². The van der Waals surface area contributed by atoms with Crippen LogP contribution in [0.25, 0.3) is 11.3 Å². The van der Waals surface area contributed by atoms with Crippen molar-refractivity contribution in [2.45, 2.75) is 76.5 Å². The zero-order valence-electron chi connectivity index (χ0n) is 23.8. The van der Waals surface area contributed by atoms with Crippen molar-refractivity contribution in [3.05, 3.63) is 47.7 Å². The van der Waals surface area contributed by atoms with Crippen LogP contribution >= 0.6 is 0 Å². The Kier molecular flexibility index (Phi) is 8.41. The van der Waals surface area contributed by atoms with Crippen molar-refractivity contribution in [3.63, 3.8) is 0 Å². The van der Waals surface area contributed by atoms with Gasteiger partial charge in [-0.1, -0.05) is 19.9 Å². The first kappa shape index (κ1) is 31.1. The summed E-state index contributed by atoms with van der Waals surface area (Å²) in [5, 5.41) is 9.39. The number of pyridine rings is 1. The van der Waals surface area contributed by atoms with Gasteiger partial charge < -0.3 is 19.5 Å². The number of aromatic nitrogens is 1. The molecule has 1 amide bonds. The Balaban J connectivity index is 1.37. The summed E-state index contributed by atoms with van der Waals surface area (Å²) in [6.07, 6.45) is -1.69. The molecule has 2 aromatic rings. The number of carbonyl (C=O) groups is 1. The van der Waals surface area contributed by atoms with Crippen LogP contribution < -0.4 is 4.74 Å². The van der Waals surface area contributed by atoms with E-state index in [1.807, 2.05) is 18.2 Å². The second kappa shape index (κ2) is 11.1. The average Bonchev–Trinajstić information content (AvgIpc) is 2.87. The third-order valence-corrected chi connectivity index (χ3v) is 9.74. The molecule has 41 heavy (non-hydrogen) atoms. The van der Waals surface area contributed by atoms with E-state index in [4.69, 9.17) is 9.47 Å². The van der Waals surface area contributed by atoms with Crippen LogP contribution in [0.15, 0.2) is 36.5 Å². The summed E-state index contributed by atoms with van der Waals surface area (Å²) in [6, 6.07) is 9.27. The predicted octanol–water partition coefficient (Wildman–Crippen LogP) is 5.32. The Morgan fingerprint density at radius 1 is 1.10 bits per heavy atom. The molecule has 4 rings (SSSR count). The summed E-state index contributed by atoms with van der Waals surface area (Å²) in [5.74, 6) is 0.450. The summed E-state index contributed by atoms with van der Waals surface area (Å²) in [7, 11) is -3.42. The van der Waals surface area contributed by atoms with Crippen LogP contribution in [0.2, 0.25) is 0 Å². The highest BCUT2D eigenvalue weighted by Crippen LogP contribution is 2.41. The van der Waals surface area contributed by atoms with E-state index in [1.165, 1.54) is 4.90 Å². The lowest BCUT2D eigenvalue weighted by molar-refractivity contribution is -0.246. The van der Waals surface area contributed by atoms with Crippen molar-refractivity contribution in [1.82, 2.24) is 9.88 Å². The van der Waals surface area contributed by atoms with Gasteiger partial charge in [-0.25, -0.2) is 13.2 Å². The fourth-order valence-corrected chi connectivity index (χ4v) is 7.16. The van der Waals surface area contributed by atoms with Gasteiger partial charge in [-0.15, -0.1) is 0 Å². The summed E-state index contributed by atoms with van der Waals surface area (Å²) in [4.78, 5) is 18.2. The van der Waals surface area contributed by atoms with Crippen molar-refractivity contribution >= 4 is 15.9 Å². The number of rotatable bonds is 7. The Bertz CT molecular complexity index is 1370.